The fourth-order valence-corrected chi connectivity index (χ4v) is 0. The lowest BCUT2D eigenvalue weighted by atomic mass is 10.3. The molecule has 0 aliphatic rings. The van der Waals surface area contributed by atoms with Crippen LogP contribution in [0.3, 0.4) is 0 Å². The van der Waals surface area contributed by atoms with E-state index in [2.05, 4.69) is 0 Å². The average molecular weight is 442 g/mol. The molecule has 0 aromatic carbocycles. The van der Waals surface area contributed by atoms with Crippen LogP contribution in [0.1, 0.15) is 0 Å². The van der Waals surface area contributed by atoms with Crippen LogP contribution < -0.4 is 0 Å². The molecule has 0 N–H and O–H groups in total. The highest BCUT2D eigenvalue weighted by Crippen LogP contribution is 2.14. The van der Waals surface area contributed by atoms with Crippen LogP contribution in [0, 0.1) is 0 Å². The van der Waals surface area contributed by atoms with E-state index in [0.717, 1.165) is 0 Å². The van der Waals surface area contributed by atoms with Crippen molar-refractivity contribution >= 4 is 35.9 Å². The zero-order chi connectivity index (χ0) is 21.2. The molecule has 0 amide bonds. The molecule has 0 aliphatic carbocycles. The maximum atomic E-state index is 10.6. The third-order valence-electron chi connectivity index (χ3n) is 0.414. The fourth-order valence-electron chi connectivity index (χ4n) is 0. The largest absolute Gasteiger partial charge is 0.673 e. The van der Waals surface area contributed by atoms with Crippen LogP contribution in [0.2, 0.25) is 0 Å². The van der Waals surface area contributed by atoms with Crippen LogP contribution in [-0.4, -0.2) is 42.4 Å². The van der Waals surface area contributed by atoms with Crippen LogP contribution in [0.5, 0.6) is 0 Å². The molecule has 0 fully saturated rings. The maximum absolute atomic E-state index is 10.6. The minimum absolute atomic E-state index is 4.24. The van der Waals surface area contributed by atoms with Gasteiger partial charge < -0.3 is 34.5 Å². The van der Waals surface area contributed by atoms with Crippen molar-refractivity contribution < 1.29 is 77.7 Å². The molecule has 0 aliphatic heterocycles. The molecule has 4 nitrogen and oxygen atoms in total. The number of hydrogen-bond donors (Lipinski definition) is 2. The van der Waals surface area contributed by atoms with Crippen LogP contribution in [0.4, 0.5) is 60.9 Å². The Hall–Kier alpha value is -0.950. The van der Waals surface area contributed by atoms with Crippen molar-refractivity contribution in [1.29, 1.82) is 0 Å². The van der Waals surface area contributed by atoms with Gasteiger partial charge in [-0.1, -0.05) is 0 Å². The van der Waals surface area contributed by atoms with E-state index in [9.17, 15) is 60.9 Å². The quantitative estimate of drug-likeness (QED) is 0.345. The van der Waals surface area contributed by atoms with E-state index in [4.69, 9.17) is 16.8 Å². The van der Waals surface area contributed by atoms with E-state index >= 15 is 0 Å². The van der Waals surface area contributed by atoms with E-state index in [0.29, 0.717) is 0 Å². The van der Waals surface area contributed by atoms with Gasteiger partial charge in [-0.25, -0.2) is 16.8 Å². The molecule has 22 heteroatoms. The van der Waals surface area contributed by atoms with Gasteiger partial charge in [0.1, 0.15) is 0 Å². The van der Waals surface area contributed by atoms with Gasteiger partial charge in [-0.15, -0.1) is 0 Å². The van der Waals surface area contributed by atoms with Crippen LogP contribution in [0.15, 0.2) is 0 Å². The van der Waals surface area contributed by atoms with Gasteiger partial charge in [0.25, 0.3) is 0 Å². The molecule has 0 unspecified atom stereocenters. The minimum Gasteiger partial charge on any atom is -0.418 e. The smallest absolute Gasteiger partial charge is 0.418 e. The molecular weight excluding hydrogens is 440 g/mol. The van der Waals surface area contributed by atoms with Gasteiger partial charge in [0.15, 0.2) is 0 Å². The lowest BCUT2D eigenvalue weighted by Crippen LogP contribution is -2.07. The molecular formula is C2H2B2F14O4S2-2. The highest BCUT2D eigenvalue weighted by atomic mass is 32.2. The lowest BCUT2D eigenvalue weighted by Gasteiger charge is -1.94. The summed E-state index contributed by atoms with van der Waals surface area (Å²) in [7, 11) is -20.5. The first-order valence-corrected chi connectivity index (χ1v) is 6.41. The first-order valence-electron chi connectivity index (χ1n) is 4.06. The average Bonchev–Trinajstić information content (AvgIpc) is 2.08. The summed E-state index contributed by atoms with van der Waals surface area (Å²) in [5, 5.41) is 0. The third kappa shape index (κ3) is 69.3. The first kappa shape index (κ1) is 30.9. The zero-order valence-electron chi connectivity index (χ0n) is 9.97. The van der Waals surface area contributed by atoms with E-state index in [-0.39, 0.29) is 0 Å². The summed E-state index contributed by atoms with van der Waals surface area (Å²) in [6, 6.07) is 0. The van der Waals surface area contributed by atoms with Crippen LogP contribution in [0.25, 0.3) is 0 Å². The lowest BCUT2D eigenvalue weighted by molar-refractivity contribution is -0.0405. The zero-order valence-corrected chi connectivity index (χ0v) is 11.8. The van der Waals surface area contributed by atoms with Crippen molar-refractivity contribution in [3.63, 3.8) is 0 Å². The molecule has 0 atom stereocenters. The molecule has 0 spiro atoms. The fraction of sp³-hybridized carbons (Fsp3) is 1.00. The predicted octanol–water partition coefficient (Wildman–Crippen LogP) is 2.84. The molecule has 0 radical (unpaired) electrons. The number of thiol groups is 2. The van der Waals surface area contributed by atoms with E-state index in [1.165, 1.54) is 0 Å². The van der Waals surface area contributed by atoms with Crippen molar-refractivity contribution in [2.45, 2.75) is 11.0 Å². The molecule has 0 aromatic rings. The summed E-state index contributed by atoms with van der Waals surface area (Å²) >= 11 is 0. The summed E-state index contributed by atoms with van der Waals surface area (Å²) in [6.07, 6.45) is 0. The van der Waals surface area contributed by atoms with Gasteiger partial charge in [-0.3, -0.25) is 0 Å². The number of alkyl halides is 6. The van der Waals surface area contributed by atoms with Crippen molar-refractivity contribution in [3.05, 3.63) is 0 Å². The highest BCUT2D eigenvalue weighted by Gasteiger charge is 2.32. The van der Waals surface area contributed by atoms with Gasteiger partial charge in [0, 0.05) is 0 Å². The van der Waals surface area contributed by atoms with Crippen molar-refractivity contribution in [2.24, 2.45) is 0 Å². The molecule has 152 valence electrons. The Kier molecular flexibility index (Phi) is 14.9. The molecule has 0 saturated heterocycles. The molecule has 0 aromatic heterocycles. The Morgan fingerprint density at radius 1 is 0.458 bits per heavy atom. The summed E-state index contributed by atoms with van der Waals surface area (Å²) in [6.45, 7) is 0. The molecule has 0 saturated carbocycles. The first-order chi connectivity index (χ1) is 9.89. The topological polar surface area (TPSA) is 68.3 Å². The van der Waals surface area contributed by atoms with E-state index in [1.807, 2.05) is 0 Å². The monoisotopic (exact) mass is 442 g/mol. The van der Waals surface area contributed by atoms with Crippen molar-refractivity contribution in [3.8, 4) is 0 Å². The summed E-state index contributed by atoms with van der Waals surface area (Å²) in [4.78, 5) is 0. The van der Waals surface area contributed by atoms with Gasteiger partial charge in [0.2, 0.25) is 21.4 Å². The van der Waals surface area contributed by atoms with Crippen LogP contribution >= 0.6 is 0 Å². The van der Waals surface area contributed by atoms with Gasteiger partial charge in [-0.2, -0.15) is 26.3 Å². The second kappa shape index (κ2) is 11.6. The van der Waals surface area contributed by atoms with Gasteiger partial charge in [0.05, 0.1) is 0 Å². The molecule has 0 rings (SSSR count). The summed E-state index contributed by atoms with van der Waals surface area (Å²) in [5.41, 5.74) is -10.1. The Balaban J connectivity index is -0.000000113. The normalized spacial score (nSPS) is 12.3. The summed E-state index contributed by atoms with van der Waals surface area (Å²) < 4.78 is 177. The second-order valence-electron chi connectivity index (χ2n) is 2.44. The Morgan fingerprint density at radius 3 is 0.500 bits per heavy atom. The van der Waals surface area contributed by atoms with Gasteiger partial charge >= 0.3 is 25.5 Å². The Labute approximate surface area is 125 Å². The van der Waals surface area contributed by atoms with Gasteiger partial charge in [-0.05, 0) is 0 Å². The number of halogens is 14. The minimum atomic E-state index is -6.00. The summed E-state index contributed by atoms with van der Waals surface area (Å²) in [5.74, 6) is 0. The highest BCUT2D eigenvalue weighted by molar-refractivity contribution is 7.73. The van der Waals surface area contributed by atoms with Crippen molar-refractivity contribution in [2.75, 3.05) is 0 Å². The Morgan fingerprint density at radius 2 is 0.500 bits per heavy atom. The predicted molar refractivity (Wildman–Crippen MR) is 53.1 cm³/mol. The Bertz CT molecular complexity index is 393. The standard InChI is InChI=1S/2CHF3O2S.2BF4/c2*2-1(3,4)7(5)6;2*2-1(3,4)5/h2*7H;;/q;;2*-1. The van der Waals surface area contributed by atoms with E-state index in [1.54, 1.807) is 0 Å². The van der Waals surface area contributed by atoms with Crippen LogP contribution in [-0.2, 0) is 21.4 Å². The molecule has 0 heterocycles. The number of hydrogen-bond acceptors (Lipinski definition) is 4. The van der Waals surface area contributed by atoms with Crippen molar-refractivity contribution in [1.82, 2.24) is 0 Å². The third-order valence-corrected chi connectivity index (χ3v) is 1.24. The number of rotatable bonds is 0. The maximum Gasteiger partial charge on any atom is 0.673 e. The second-order valence-corrected chi connectivity index (χ2v) is 4.48. The molecule has 0 bridgehead atoms. The SMILES string of the molecule is F[B-](F)(F)F.F[B-](F)(F)F.O=[SH](=O)C(F)(F)F.O=[SH](=O)C(F)(F)F. The van der Waals surface area contributed by atoms with E-state index < -0.39 is 46.9 Å². The molecule has 24 heavy (non-hydrogen) atoms.